The predicted molar refractivity (Wildman–Crippen MR) is 264 cm³/mol. The highest BCUT2D eigenvalue weighted by Crippen LogP contribution is 2.41. The average molecular weight is 1020 g/mol. The number of amides is 1. The van der Waals surface area contributed by atoms with E-state index in [2.05, 4.69) is 15.2 Å². The smallest absolute Gasteiger partial charge is 0.414 e. The molecule has 0 bridgehead atoms. The molecular formula is C52H85FN6O13. The lowest BCUT2D eigenvalue weighted by molar-refractivity contribution is -0.318. The van der Waals surface area contributed by atoms with Gasteiger partial charge in [0.1, 0.15) is 30.2 Å². The first-order valence-corrected chi connectivity index (χ1v) is 25.9. The van der Waals surface area contributed by atoms with Crippen LogP contribution in [0.25, 0.3) is 0 Å². The van der Waals surface area contributed by atoms with E-state index in [0.717, 1.165) is 0 Å². The van der Waals surface area contributed by atoms with Crippen LogP contribution in [0.1, 0.15) is 108 Å². The van der Waals surface area contributed by atoms with Crippen LogP contribution in [0.3, 0.4) is 0 Å². The van der Waals surface area contributed by atoms with Gasteiger partial charge in [0, 0.05) is 68.3 Å². The molecule has 5 heterocycles. The van der Waals surface area contributed by atoms with Gasteiger partial charge in [-0.3, -0.25) is 9.69 Å². The lowest BCUT2D eigenvalue weighted by Crippen LogP contribution is -2.60. The maximum atomic E-state index is 14.6. The number of carbonyl (C=O) groups is 2. The van der Waals surface area contributed by atoms with Crippen LogP contribution in [0.5, 0.6) is 0 Å². The van der Waals surface area contributed by atoms with Gasteiger partial charge in [-0.25, -0.2) is 13.9 Å². The van der Waals surface area contributed by atoms with Crippen LogP contribution < -0.4 is 4.90 Å². The molecule has 0 spiro atoms. The van der Waals surface area contributed by atoms with E-state index in [9.17, 15) is 34.4 Å². The van der Waals surface area contributed by atoms with Crippen molar-refractivity contribution in [3.63, 3.8) is 0 Å². The molecule has 18 atom stereocenters. The highest BCUT2D eigenvalue weighted by molar-refractivity contribution is 5.89. The second kappa shape index (κ2) is 23.6. The minimum absolute atomic E-state index is 0.125. The molecule has 4 saturated heterocycles. The maximum absolute atomic E-state index is 14.6. The summed E-state index contributed by atoms with van der Waals surface area (Å²) in [6, 6.07) is 4.86. The molecule has 0 aliphatic carbocycles. The number of nitrogens with zero attached hydrogens (tertiary/aromatic N) is 6. The van der Waals surface area contributed by atoms with Crippen LogP contribution >= 0.6 is 0 Å². The number of aliphatic hydroxyl groups excluding tert-OH is 3. The van der Waals surface area contributed by atoms with Crippen LogP contribution in [0, 0.1) is 29.0 Å². The van der Waals surface area contributed by atoms with E-state index in [1.165, 1.54) is 36.3 Å². The van der Waals surface area contributed by atoms with Crippen LogP contribution in [0.15, 0.2) is 30.5 Å². The quantitative estimate of drug-likeness (QED) is 0.202. The molecule has 0 saturated carbocycles. The van der Waals surface area contributed by atoms with Crippen molar-refractivity contribution in [2.45, 2.75) is 206 Å². The van der Waals surface area contributed by atoms with Crippen molar-refractivity contribution < 1.29 is 67.6 Å². The molecule has 0 unspecified atom stereocenters. The fourth-order valence-electron chi connectivity index (χ4n) is 11.6. The first-order chi connectivity index (χ1) is 33.7. The summed E-state index contributed by atoms with van der Waals surface area (Å²) in [5.74, 6) is -2.85. The summed E-state index contributed by atoms with van der Waals surface area (Å²) in [6.07, 6.45) is -6.54. The Morgan fingerprint density at radius 2 is 1.61 bits per heavy atom. The number of hydrogen-bond acceptors (Lipinski definition) is 17. The average Bonchev–Trinajstić information content (AvgIpc) is 3.94. The van der Waals surface area contributed by atoms with Crippen molar-refractivity contribution in [2.75, 3.05) is 45.7 Å². The Hall–Kier alpha value is -3.41. The summed E-state index contributed by atoms with van der Waals surface area (Å²) in [6.45, 7) is 21.9. The lowest BCUT2D eigenvalue weighted by atomic mass is 9.76. The minimum Gasteiger partial charge on any atom is -0.461 e. The van der Waals surface area contributed by atoms with Gasteiger partial charge in [-0.1, -0.05) is 39.8 Å². The van der Waals surface area contributed by atoms with Gasteiger partial charge in [0.25, 0.3) is 0 Å². The number of ether oxygens (including phenoxy) is 7. The molecule has 1 amide bonds. The van der Waals surface area contributed by atoms with Crippen molar-refractivity contribution in [1.29, 1.82) is 0 Å². The molecule has 4 fully saturated rings. The number of esters is 1. The highest BCUT2D eigenvalue weighted by atomic mass is 19.1. The number of halogens is 1. The SMILES string of the molecule is CC[C@H]1OC(=O)[C@H](C)[C@@H](O[C@H]2C[C@@](C)(OC)[C@@H](O)[C@H](C)O2)[C@H](C)[C@@H](O[C@@H]2O[C@H](C)C[C@H](N(C)CCc3cn(C[C@H]4CN(c5ccc(F)cc5)C(=O)O4)nn3)[C@H]2O)[C@](C)(O)C[C@@H](C)CN(C)[C@H](C)[C@@H](O)C1(C)C. The summed E-state index contributed by atoms with van der Waals surface area (Å²) in [5.41, 5.74) is -2.27. The van der Waals surface area contributed by atoms with Crippen LogP contribution in [-0.4, -0.2) is 189 Å². The maximum Gasteiger partial charge on any atom is 0.414 e. The molecule has 19 nitrogen and oxygen atoms in total. The summed E-state index contributed by atoms with van der Waals surface area (Å²) >= 11 is 0. The van der Waals surface area contributed by atoms with Gasteiger partial charge >= 0.3 is 12.1 Å². The van der Waals surface area contributed by atoms with Gasteiger partial charge < -0.3 is 63.4 Å². The number of cyclic esters (lactones) is 2. The normalized spacial score (nSPS) is 39.9. The van der Waals surface area contributed by atoms with Crippen LogP contribution in [0.2, 0.25) is 0 Å². The molecule has 4 aliphatic rings. The van der Waals surface area contributed by atoms with Crippen LogP contribution in [0.4, 0.5) is 14.9 Å². The summed E-state index contributed by atoms with van der Waals surface area (Å²) < 4.78 is 59.4. The summed E-state index contributed by atoms with van der Waals surface area (Å²) in [4.78, 5) is 32.8. The topological polar surface area (TPSA) is 220 Å². The number of benzene rings is 1. The van der Waals surface area contributed by atoms with Gasteiger partial charge in [0.15, 0.2) is 12.6 Å². The van der Waals surface area contributed by atoms with Gasteiger partial charge in [-0.2, -0.15) is 0 Å². The van der Waals surface area contributed by atoms with E-state index >= 15 is 0 Å². The summed E-state index contributed by atoms with van der Waals surface area (Å²) in [5, 5.41) is 56.8. The fourth-order valence-corrected chi connectivity index (χ4v) is 11.6. The van der Waals surface area contributed by atoms with E-state index < -0.39 is 114 Å². The molecule has 1 aromatic carbocycles. The fraction of sp³-hybridized carbons (Fsp3) is 0.808. The molecule has 6 rings (SSSR count). The van der Waals surface area contributed by atoms with E-state index in [1.807, 2.05) is 67.5 Å². The Bertz CT molecular complexity index is 2080. The molecule has 1 aromatic heterocycles. The molecule has 408 valence electrons. The zero-order valence-corrected chi connectivity index (χ0v) is 45.0. The molecule has 4 N–H and O–H groups in total. The molecule has 0 radical (unpaired) electrons. The monoisotopic (exact) mass is 1020 g/mol. The number of carbonyl (C=O) groups excluding carboxylic acids is 2. The van der Waals surface area contributed by atoms with Crippen LogP contribution in [-0.2, 0) is 50.9 Å². The third-order valence-corrected chi connectivity index (χ3v) is 16.2. The molecule has 20 heteroatoms. The Labute approximate surface area is 425 Å². The zero-order valence-electron chi connectivity index (χ0n) is 45.0. The second-order valence-electron chi connectivity index (χ2n) is 22.6. The number of likely N-dealkylation sites (N-methyl/N-ethyl adjacent to an activating group) is 2. The number of aromatic nitrogens is 3. The molecule has 2 aromatic rings. The zero-order chi connectivity index (χ0) is 53.2. The van der Waals surface area contributed by atoms with Crippen molar-refractivity contribution >= 4 is 17.7 Å². The number of methoxy groups -OCH3 is 1. The summed E-state index contributed by atoms with van der Waals surface area (Å²) in [7, 11) is 5.36. The van der Waals surface area contributed by atoms with Crippen molar-refractivity contribution in [3.05, 3.63) is 42.0 Å². The Kier molecular flexibility index (Phi) is 19.0. The lowest BCUT2D eigenvalue weighted by Gasteiger charge is -2.49. The molecule has 4 aliphatic heterocycles. The van der Waals surface area contributed by atoms with Crippen molar-refractivity contribution in [2.24, 2.45) is 23.2 Å². The first-order valence-electron chi connectivity index (χ1n) is 25.9. The first kappa shape index (κ1) is 57.9. The third kappa shape index (κ3) is 13.2. The largest absolute Gasteiger partial charge is 0.461 e. The molecule has 72 heavy (non-hydrogen) atoms. The van der Waals surface area contributed by atoms with E-state index in [1.54, 1.807) is 38.6 Å². The Morgan fingerprint density at radius 3 is 2.26 bits per heavy atom. The standard InChI is InChI=1S/C52H85FN6O13/c1-15-40-50(8,9)44(61)33(6)57(13)25-29(2)23-51(10,65)46(31(4)43(32(5)47(63)70-40)71-41-24-52(11,66-14)45(62)34(7)68-41)72-48-42(60)39(22-30(3)67-48)56(12)21-20-36-26-58(55-54-36)27-38-28-59(49(64)69-38)37-18-16-35(53)17-19-37/h16-19,26,29-34,38-46,48,60-62,65H,15,20-25,27-28H2,1-14H3/t29-,30-,31+,32-,33-,34+,38+,39+,40-,41+,42-,43+,44-,45+,46-,48+,51-,52-/m1/s1. The highest BCUT2D eigenvalue weighted by Gasteiger charge is 2.52. The number of aliphatic hydroxyl groups is 4. The van der Waals surface area contributed by atoms with Crippen molar-refractivity contribution in [3.8, 4) is 0 Å². The Balaban J connectivity index is 1.23. The Morgan fingerprint density at radius 1 is 0.931 bits per heavy atom. The van der Waals surface area contributed by atoms with Gasteiger partial charge in [0.2, 0.25) is 0 Å². The predicted octanol–water partition coefficient (Wildman–Crippen LogP) is 4.54. The van der Waals surface area contributed by atoms with Crippen molar-refractivity contribution in [1.82, 2.24) is 24.8 Å². The van der Waals surface area contributed by atoms with E-state index in [4.69, 9.17) is 33.2 Å². The van der Waals surface area contributed by atoms with Gasteiger partial charge in [-0.05, 0) is 105 Å². The number of hydrogen-bond donors (Lipinski definition) is 4. The number of anilines is 1. The van der Waals surface area contributed by atoms with Gasteiger partial charge in [0.05, 0.1) is 66.4 Å². The number of rotatable bonds is 13. The molecular weight excluding hydrogens is 936 g/mol. The van der Waals surface area contributed by atoms with E-state index in [-0.39, 0.29) is 44.0 Å². The van der Waals surface area contributed by atoms with E-state index in [0.29, 0.717) is 43.7 Å². The third-order valence-electron chi connectivity index (χ3n) is 16.2. The van der Waals surface area contributed by atoms with Gasteiger partial charge in [-0.15, -0.1) is 5.10 Å². The minimum atomic E-state index is -1.61. The second-order valence-corrected chi connectivity index (χ2v) is 22.6.